The Kier molecular flexibility index (Phi) is 3.52. The number of benzene rings is 3. The lowest BCUT2D eigenvalue weighted by Crippen LogP contribution is -2.69. The van der Waals surface area contributed by atoms with Gasteiger partial charge >= 0.3 is 0 Å². The summed E-state index contributed by atoms with van der Waals surface area (Å²) in [6.07, 6.45) is 2.20. The Morgan fingerprint density at radius 3 is 2.04 bits per heavy atom. The summed E-state index contributed by atoms with van der Waals surface area (Å²) < 4.78 is 0. The van der Waals surface area contributed by atoms with Crippen LogP contribution in [0.15, 0.2) is 96.0 Å². The normalized spacial score (nSPS) is 24.1. The van der Waals surface area contributed by atoms with Crippen molar-refractivity contribution in [1.29, 1.82) is 0 Å². The molecule has 1 N–H and O–H groups in total. The minimum Gasteiger partial charge on any atom is -0.281 e. The van der Waals surface area contributed by atoms with E-state index in [-0.39, 0.29) is 11.6 Å². The van der Waals surface area contributed by atoms with Crippen LogP contribution in [-0.2, 0) is 5.54 Å². The zero-order valence-corrected chi connectivity index (χ0v) is 14.5. The number of anilines is 1. The van der Waals surface area contributed by atoms with E-state index < -0.39 is 0 Å². The number of hydrazine groups is 1. The van der Waals surface area contributed by atoms with Crippen LogP contribution in [0.3, 0.4) is 0 Å². The first kappa shape index (κ1) is 15.2. The fraction of sp³-hybridized carbons (Fsp3) is 0.174. The molecule has 3 nitrogen and oxygen atoms in total. The summed E-state index contributed by atoms with van der Waals surface area (Å²) in [6.45, 7) is 0. The van der Waals surface area contributed by atoms with Gasteiger partial charge in [-0.2, -0.15) is 0 Å². The van der Waals surface area contributed by atoms with Crippen molar-refractivity contribution in [3.05, 3.63) is 102 Å². The van der Waals surface area contributed by atoms with Gasteiger partial charge in [0.05, 0.1) is 11.7 Å². The highest BCUT2D eigenvalue weighted by Crippen LogP contribution is 2.51. The fourth-order valence-corrected chi connectivity index (χ4v) is 4.17. The second-order valence-corrected chi connectivity index (χ2v) is 6.97. The van der Waals surface area contributed by atoms with Crippen molar-refractivity contribution in [1.82, 2.24) is 5.43 Å². The Labute approximate surface area is 154 Å². The highest BCUT2D eigenvalue weighted by atomic mass is 15.6. The van der Waals surface area contributed by atoms with Crippen LogP contribution in [-0.4, -0.2) is 11.9 Å². The van der Waals surface area contributed by atoms with Crippen LogP contribution in [0.4, 0.5) is 5.69 Å². The number of amidine groups is 1. The van der Waals surface area contributed by atoms with Crippen molar-refractivity contribution < 1.29 is 0 Å². The van der Waals surface area contributed by atoms with Crippen molar-refractivity contribution in [2.45, 2.75) is 24.4 Å². The molecule has 1 aliphatic heterocycles. The maximum Gasteiger partial charge on any atom is 0.147 e. The van der Waals surface area contributed by atoms with Crippen LogP contribution in [0.2, 0.25) is 0 Å². The average Bonchev–Trinajstić information content (AvgIpc) is 2.71. The van der Waals surface area contributed by atoms with E-state index >= 15 is 0 Å². The van der Waals surface area contributed by atoms with E-state index in [1.807, 2.05) is 6.07 Å². The van der Waals surface area contributed by atoms with Crippen molar-refractivity contribution in [2.75, 3.05) is 5.01 Å². The first-order valence-corrected chi connectivity index (χ1v) is 9.19. The fourth-order valence-electron chi connectivity index (χ4n) is 4.17. The number of rotatable bonds is 3. The van der Waals surface area contributed by atoms with Gasteiger partial charge in [-0.15, -0.1) is 0 Å². The summed E-state index contributed by atoms with van der Waals surface area (Å²) in [5.74, 6) is 0.950. The van der Waals surface area contributed by atoms with Gasteiger partial charge < -0.3 is 0 Å². The molecule has 0 unspecified atom stereocenters. The summed E-state index contributed by atoms with van der Waals surface area (Å²) >= 11 is 0. The molecular weight excluding hydrogens is 318 g/mol. The van der Waals surface area contributed by atoms with Gasteiger partial charge in [0.25, 0.3) is 0 Å². The molecule has 3 aromatic carbocycles. The number of para-hydroxylation sites is 1. The number of aliphatic imine (C=N–C) groups is 1. The SMILES string of the molecule is c1ccc(C2=N[C@@H]3CC[C@@]3(c3ccccc3)N(c3ccccc3)N2)cc1. The van der Waals surface area contributed by atoms with Crippen molar-refractivity contribution in [2.24, 2.45) is 4.99 Å². The molecule has 3 heteroatoms. The van der Waals surface area contributed by atoms with E-state index in [9.17, 15) is 0 Å². The Balaban J connectivity index is 1.65. The minimum absolute atomic E-state index is 0.124. The molecule has 3 aromatic rings. The number of fused-ring (bicyclic) bond motifs is 1. The quantitative estimate of drug-likeness (QED) is 0.760. The number of nitrogens with one attached hydrogen (secondary N) is 1. The summed E-state index contributed by atoms with van der Waals surface area (Å²) in [5.41, 5.74) is 7.14. The van der Waals surface area contributed by atoms with Crippen molar-refractivity contribution >= 4 is 11.5 Å². The first-order valence-electron chi connectivity index (χ1n) is 9.19. The van der Waals surface area contributed by atoms with Crippen LogP contribution in [0.25, 0.3) is 0 Å². The zero-order chi connectivity index (χ0) is 17.4. The molecule has 2 atom stereocenters. The van der Waals surface area contributed by atoms with Crippen molar-refractivity contribution in [3.8, 4) is 0 Å². The number of hydrogen-bond donors (Lipinski definition) is 1. The molecule has 128 valence electrons. The van der Waals surface area contributed by atoms with Gasteiger partial charge in [-0.05, 0) is 30.5 Å². The third-order valence-electron chi connectivity index (χ3n) is 5.59. The predicted octanol–water partition coefficient (Wildman–Crippen LogP) is 4.52. The lowest BCUT2D eigenvalue weighted by atomic mass is 9.66. The molecule has 0 radical (unpaired) electrons. The molecule has 1 saturated carbocycles. The van der Waals surface area contributed by atoms with Crippen LogP contribution < -0.4 is 10.4 Å². The van der Waals surface area contributed by atoms with E-state index in [2.05, 4.69) is 95.4 Å². The maximum atomic E-state index is 5.11. The van der Waals surface area contributed by atoms with Gasteiger partial charge in [0.2, 0.25) is 0 Å². The Morgan fingerprint density at radius 2 is 1.42 bits per heavy atom. The van der Waals surface area contributed by atoms with E-state index in [4.69, 9.17) is 4.99 Å². The summed E-state index contributed by atoms with van der Waals surface area (Å²) in [4.78, 5) is 5.11. The summed E-state index contributed by atoms with van der Waals surface area (Å²) in [7, 11) is 0. The molecule has 0 amide bonds. The zero-order valence-electron chi connectivity index (χ0n) is 14.5. The van der Waals surface area contributed by atoms with Gasteiger partial charge in [-0.25, -0.2) is 0 Å². The monoisotopic (exact) mass is 339 g/mol. The number of hydrogen-bond acceptors (Lipinski definition) is 3. The van der Waals surface area contributed by atoms with Gasteiger partial charge in [0.15, 0.2) is 0 Å². The summed E-state index contributed by atoms with van der Waals surface area (Å²) in [5, 5.41) is 2.34. The topological polar surface area (TPSA) is 27.6 Å². The Bertz CT molecular complexity index is 921. The number of nitrogens with zero attached hydrogens (tertiary/aromatic N) is 2. The lowest BCUT2D eigenvalue weighted by Gasteiger charge is -2.58. The molecular formula is C23H21N3. The van der Waals surface area contributed by atoms with Gasteiger partial charge in [-0.1, -0.05) is 78.9 Å². The average molecular weight is 339 g/mol. The Hall–Kier alpha value is -3.07. The predicted molar refractivity (Wildman–Crippen MR) is 106 cm³/mol. The first-order chi connectivity index (χ1) is 12.9. The van der Waals surface area contributed by atoms with Crippen LogP contribution in [0.5, 0.6) is 0 Å². The van der Waals surface area contributed by atoms with Crippen LogP contribution in [0, 0.1) is 0 Å². The van der Waals surface area contributed by atoms with Gasteiger partial charge in [0.1, 0.15) is 11.4 Å². The lowest BCUT2D eigenvalue weighted by molar-refractivity contribution is 0.166. The molecule has 5 rings (SSSR count). The van der Waals surface area contributed by atoms with Crippen LogP contribution in [0.1, 0.15) is 24.0 Å². The molecule has 0 spiro atoms. The molecule has 0 aromatic heterocycles. The second-order valence-electron chi connectivity index (χ2n) is 6.97. The van der Waals surface area contributed by atoms with Gasteiger partial charge in [0, 0.05) is 5.56 Å². The molecule has 2 aliphatic rings. The standard InChI is InChI=1S/C23H21N3/c1-4-10-18(11-5-1)22-24-21-16-17-23(21,19-12-6-2-7-13-19)26(25-22)20-14-8-3-9-15-20/h1-15,21H,16-17H2,(H,24,25)/t21-,23+/m1/s1. The van der Waals surface area contributed by atoms with Gasteiger partial charge in [-0.3, -0.25) is 15.4 Å². The van der Waals surface area contributed by atoms with E-state index in [1.165, 1.54) is 11.3 Å². The largest absolute Gasteiger partial charge is 0.281 e. The molecule has 26 heavy (non-hydrogen) atoms. The third kappa shape index (κ3) is 2.24. The highest BCUT2D eigenvalue weighted by molar-refractivity contribution is 6.00. The van der Waals surface area contributed by atoms with Crippen molar-refractivity contribution in [3.63, 3.8) is 0 Å². The molecule has 1 heterocycles. The molecule has 0 bridgehead atoms. The summed E-state index contributed by atoms with van der Waals surface area (Å²) in [6, 6.07) is 32.0. The smallest absolute Gasteiger partial charge is 0.147 e. The third-order valence-corrected chi connectivity index (χ3v) is 5.59. The highest BCUT2D eigenvalue weighted by Gasteiger charge is 2.55. The van der Waals surface area contributed by atoms with E-state index in [1.54, 1.807) is 0 Å². The van der Waals surface area contributed by atoms with Crippen LogP contribution >= 0.6 is 0 Å². The molecule has 1 fully saturated rings. The Morgan fingerprint density at radius 1 is 0.808 bits per heavy atom. The van der Waals surface area contributed by atoms with E-state index in [0.29, 0.717) is 0 Å². The minimum atomic E-state index is -0.124. The van der Waals surface area contributed by atoms with E-state index in [0.717, 1.165) is 24.2 Å². The molecule has 0 saturated heterocycles. The second kappa shape index (κ2) is 6.03. The molecule has 1 aliphatic carbocycles. The maximum absolute atomic E-state index is 5.11.